The zero-order valence-corrected chi connectivity index (χ0v) is 16.1. The van der Waals surface area contributed by atoms with Crippen LogP contribution in [0.4, 0.5) is 11.4 Å². The van der Waals surface area contributed by atoms with Crippen LogP contribution >= 0.6 is 0 Å². The molecule has 0 bridgehead atoms. The molecule has 4 nitrogen and oxygen atoms in total. The summed E-state index contributed by atoms with van der Waals surface area (Å²) in [7, 11) is 1.61. The van der Waals surface area contributed by atoms with Gasteiger partial charge in [-0.1, -0.05) is 42.5 Å². The lowest BCUT2D eigenvalue weighted by Crippen LogP contribution is -2.44. The van der Waals surface area contributed by atoms with Crippen molar-refractivity contribution in [1.29, 1.82) is 0 Å². The highest BCUT2D eigenvalue weighted by Crippen LogP contribution is 2.39. The van der Waals surface area contributed by atoms with E-state index in [9.17, 15) is 4.79 Å². The average Bonchev–Trinajstić information content (AvgIpc) is 2.74. The van der Waals surface area contributed by atoms with Crippen LogP contribution < -0.4 is 15.0 Å². The molecule has 0 unspecified atom stereocenters. The third kappa shape index (κ3) is 3.46. The van der Waals surface area contributed by atoms with Gasteiger partial charge in [-0.05, 0) is 55.3 Å². The fourth-order valence-corrected chi connectivity index (χ4v) is 3.89. The normalized spacial score (nSPS) is 18.3. The molecule has 1 aliphatic rings. The maximum atomic E-state index is 13.4. The van der Waals surface area contributed by atoms with Gasteiger partial charge in [-0.25, -0.2) is 0 Å². The Labute approximate surface area is 165 Å². The van der Waals surface area contributed by atoms with Gasteiger partial charge in [0.05, 0.1) is 13.2 Å². The van der Waals surface area contributed by atoms with E-state index in [1.54, 1.807) is 13.2 Å². The number of carbonyl (C=O) groups is 1. The standard InChI is InChI=1S/C24H24N2O2/c1-17-15-22(25-19-10-4-3-5-11-19)21-13-6-7-14-23(21)26(17)24(27)18-9-8-12-20(16-18)28-2/h3-14,16-17,22,25H,15H2,1-2H3/t17-,22+/m1/s1. The van der Waals surface area contributed by atoms with E-state index in [0.717, 1.165) is 23.4 Å². The summed E-state index contributed by atoms with van der Waals surface area (Å²) in [5, 5.41) is 3.63. The molecule has 2 atom stereocenters. The molecule has 0 spiro atoms. The van der Waals surface area contributed by atoms with Gasteiger partial charge in [0.2, 0.25) is 0 Å². The fraction of sp³-hybridized carbons (Fsp3) is 0.208. The van der Waals surface area contributed by atoms with Gasteiger partial charge in [0, 0.05) is 23.0 Å². The lowest BCUT2D eigenvalue weighted by Gasteiger charge is -2.40. The molecule has 4 heteroatoms. The number of nitrogens with zero attached hydrogens (tertiary/aromatic N) is 1. The molecule has 3 aromatic carbocycles. The maximum absolute atomic E-state index is 13.4. The minimum absolute atomic E-state index is 0.00277. The lowest BCUT2D eigenvalue weighted by atomic mass is 9.90. The first-order valence-electron chi connectivity index (χ1n) is 9.55. The van der Waals surface area contributed by atoms with Crippen LogP contribution in [0.25, 0.3) is 0 Å². The number of anilines is 2. The zero-order chi connectivity index (χ0) is 19.5. The molecule has 1 aliphatic heterocycles. The van der Waals surface area contributed by atoms with Crippen molar-refractivity contribution < 1.29 is 9.53 Å². The van der Waals surface area contributed by atoms with Crippen molar-refractivity contribution in [1.82, 2.24) is 0 Å². The summed E-state index contributed by atoms with van der Waals surface area (Å²) in [6, 6.07) is 25.9. The Morgan fingerprint density at radius 1 is 1.00 bits per heavy atom. The molecular formula is C24H24N2O2. The molecule has 0 aromatic heterocycles. The van der Waals surface area contributed by atoms with E-state index in [0.29, 0.717) is 11.3 Å². The van der Waals surface area contributed by atoms with Gasteiger partial charge in [-0.3, -0.25) is 4.79 Å². The summed E-state index contributed by atoms with van der Waals surface area (Å²) >= 11 is 0. The molecule has 28 heavy (non-hydrogen) atoms. The van der Waals surface area contributed by atoms with Crippen LogP contribution in [0.3, 0.4) is 0 Å². The number of nitrogens with one attached hydrogen (secondary N) is 1. The Balaban J connectivity index is 1.68. The Bertz CT molecular complexity index is 971. The van der Waals surface area contributed by atoms with Crippen molar-refractivity contribution in [2.24, 2.45) is 0 Å². The van der Waals surface area contributed by atoms with Gasteiger partial charge in [0.1, 0.15) is 5.75 Å². The maximum Gasteiger partial charge on any atom is 0.258 e. The molecule has 0 fully saturated rings. The second-order valence-corrected chi connectivity index (χ2v) is 7.11. The highest BCUT2D eigenvalue weighted by Gasteiger charge is 2.34. The Morgan fingerprint density at radius 3 is 2.54 bits per heavy atom. The SMILES string of the molecule is COc1cccc(C(=O)N2c3ccccc3[C@@H](Nc3ccccc3)C[C@H]2C)c1. The monoisotopic (exact) mass is 372 g/mol. The number of benzene rings is 3. The van der Waals surface area contributed by atoms with Crippen LogP contribution in [0, 0.1) is 0 Å². The molecule has 0 saturated carbocycles. The smallest absolute Gasteiger partial charge is 0.258 e. The lowest BCUT2D eigenvalue weighted by molar-refractivity contribution is 0.0974. The largest absolute Gasteiger partial charge is 0.497 e. The summed E-state index contributed by atoms with van der Waals surface area (Å²) in [6.07, 6.45) is 0.835. The third-order valence-corrected chi connectivity index (χ3v) is 5.24. The van der Waals surface area contributed by atoms with Crippen LogP contribution in [-0.2, 0) is 0 Å². The Kier molecular flexibility index (Phi) is 5.02. The van der Waals surface area contributed by atoms with Crippen LogP contribution in [0.2, 0.25) is 0 Å². The van der Waals surface area contributed by atoms with Crippen molar-refractivity contribution in [3.63, 3.8) is 0 Å². The van der Waals surface area contributed by atoms with E-state index < -0.39 is 0 Å². The molecule has 1 heterocycles. The first kappa shape index (κ1) is 18.1. The third-order valence-electron chi connectivity index (χ3n) is 5.24. The van der Waals surface area contributed by atoms with Gasteiger partial charge in [0.25, 0.3) is 5.91 Å². The van der Waals surface area contributed by atoms with Crippen LogP contribution in [0.1, 0.15) is 35.3 Å². The van der Waals surface area contributed by atoms with E-state index in [1.807, 2.05) is 59.5 Å². The van der Waals surface area contributed by atoms with Crippen molar-refractivity contribution in [3.05, 3.63) is 90.0 Å². The fourth-order valence-electron chi connectivity index (χ4n) is 3.89. The summed E-state index contributed by atoms with van der Waals surface area (Å²) in [6.45, 7) is 2.10. The van der Waals surface area contributed by atoms with E-state index in [2.05, 4.69) is 30.4 Å². The number of fused-ring (bicyclic) bond motifs is 1. The van der Waals surface area contributed by atoms with E-state index >= 15 is 0 Å². The topological polar surface area (TPSA) is 41.6 Å². The predicted octanol–water partition coefficient (Wildman–Crippen LogP) is 5.29. The Hall–Kier alpha value is -3.27. The molecular weight excluding hydrogens is 348 g/mol. The zero-order valence-electron chi connectivity index (χ0n) is 16.1. The quantitative estimate of drug-likeness (QED) is 0.677. The summed E-state index contributed by atoms with van der Waals surface area (Å²) < 4.78 is 5.29. The van der Waals surface area contributed by atoms with Gasteiger partial charge >= 0.3 is 0 Å². The summed E-state index contributed by atoms with van der Waals surface area (Å²) in [4.78, 5) is 15.3. The molecule has 0 radical (unpaired) electrons. The van der Waals surface area contributed by atoms with Gasteiger partial charge in [-0.2, -0.15) is 0 Å². The minimum atomic E-state index is -0.00277. The van der Waals surface area contributed by atoms with Crippen molar-refractivity contribution >= 4 is 17.3 Å². The van der Waals surface area contributed by atoms with E-state index in [1.165, 1.54) is 0 Å². The number of methoxy groups -OCH3 is 1. The van der Waals surface area contributed by atoms with Crippen LogP contribution in [0.15, 0.2) is 78.9 Å². The minimum Gasteiger partial charge on any atom is -0.497 e. The summed E-state index contributed by atoms with van der Waals surface area (Å²) in [5.41, 5.74) is 3.82. The first-order valence-corrected chi connectivity index (χ1v) is 9.55. The second-order valence-electron chi connectivity index (χ2n) is 7.11. The van der Waals surface area contributed by atoms with Crippen LogP contribution in [-0.4, -0.2) is 19.1 Å². The molecule has 1 amide bonds. The van der Waals surface area contributed by atoms with Gasteiger partial charge in [-0.15, -0.1) is 0 Å². The highest BCUT2D eigenvalue weighted by molar-refractivity contribution is 6.07. The van der Waals surface area contributed by atoms with Gasteiger partial charge in [0.15, 0.2) is 0 Å². The number of hydrogen-bond acceptors (Lipinski definition) is 3. The number of para-hydroxylation sites is 2. The van der Waals surface area contributed by atoms with E-state index in [-0.39, 0.29) is 18.0 Å². The molecule has 1 N–H and O–H groups in total. The van der Waals surface area contributed by atoms with Crippen molar-refractivity contribution in [2.45, 2.75) is 25.4 Å². The van der Waals surface area contributed by atoms with Gasteiger partial charge < -0.3 is 15.0 Å². The molecule has 0 aliphatic carbocycles. The number of hydrogen-bond donors (Lipinski definition) is 1. The Morgan fingerprint density at radius 2 is 1.75 bits per heavy atom. The molecule has 142 valence electrons. The average molecular weight is 372 g/mol. The number of amides is 1. The first-order chi connectivity index (χ1) is 13.7. The number of rotatable bonds is 4. The second kappa shape index (κ2) is 7.77. The molecule has 3 aromatic rings. The summed E-state index contributed by atoms with van der Waals surface area (Å²) in [5.74, 6) is 0.685. The predicted molar refractivity (Wildman–Crippen MR) is 113 cm³/mol. The number of ether oxygens (including phenoxy) is 1. The van der Waals surface area contributed by atoms with Crippen molar-refractivity contribution in [2.75, 3.05) is 17.3 Å². The van der Waals surface area contributed by atoms with E-state index in [4.69, 9.17) is 4.74 Å². The van der Waals surface area contributed by atoms with Crippen LogP contribution in [0.5, 0.6) is 5.75 Å². The highest BCUT2D eigenvalue weighted by atomic mass is 16.5. The number of carbonyl (C=O) groups excluding carboxylic acids is 1. The molecule has 4 rings (SSSR count). The van der Waals surface area contributed by atoms with Crippen molar-refractivity contribution in [3.8, 4) is 5.75 Å². The molecule has 0 saturated heterocycles.